The molecule has 3 N–H and O–H groups in total. The van der Waals surface area contributed by atoms with Crippen LogP contribution >= 0.6 is 11.6 Å². The molecular formula is C19H18ClF2N3O6S. The minimum Gasteiger partial charge on any atom is -0.480 e. The molecule has 1 atom stereocenters. The van der Waals surface area contributed by atoms with Gasteiger partial charge in [0.05, 0.1) is 11.4 Å². The highest BCUT2D eigenvalue weighted by Gasteiger charge is 2.40. The second-order valence-corrected chi connectivity index (χ2v) is 9.26. The van der Waals surface area contributed by atoms with Gasteiger partial charge in [-0.3, -0.25) is 14.5 Å². The quantitative estimate of drug-likeness (QED) is 0.604. The van der Waals surface area contributed by atoms with Crippen LogP contribution in [0.2, 0.25) is 5.02 Å². The van der Waals surface area contributed by atoms with Crippen LogP contribution in [0.5, 0.6) is 11.5 Å². The lowest BCUT2D eigenvalue weighted by atomic mass is 10.2. The van der Waals surface area contributed by atoms with Crippen LogP contribution in [0.3, 0.4) is 0 Å². The molecule has 1 saturated heterocycles. The number of piperazine rings is 1. The molecule has 1 aliphatic rings. The Morgan fingerprint density at radius 2 is 1.75 bits per heavy atom. The number of hydrogen-bond acceptors (Lipinski definition) is 6. The van der Waals surface area contributed by atoms with E-state index in [1.165, 1.54) is 29.2 Å². The van der Waals surface area contributed by atoms with Crippen molar-refractivity contribution in [1.82, 2.24) is 9.21 Å². The van der Waals surface area contributed by atoms with Gasteiger partial charge in [-0.1, -0.05) is 11.6 Å². The van der Waals surface area contributed by atoms with Gasteiger partial charge < -0.3 is 15.6 Å². The third-order valence-corrected chi connectivity index (χ3v) is 6.85. The van der Waals surface area contributed by atoms with Gasteiger partial charge in [0.2, 0.25) is 15.9 Å². The Labute approximate surface area is 187 Å². The number of amides is 1. The largest absolute Gasteiger partial charge is 0.480 e. The first-order valence-electron chi connectivity index (χ1n) is 9.17. The minimum absolute atomic E-state index is 0.0158. The third kappa shape index (κ3) is 5.15. The number of carboxylic acid groups (broad SMARTS) is 1. The van der Waals surface area contributed by atoms with Gasteiger partial charge in [-0.2, -0.15) is 4.31 Å². The van der Waals surface area contributed by atoms with Crippen molar-refractivity contribution in [3.8, 4) is 11.5 Å². The lowest BCUT2D eigenvalue weighted by Gasteiger charge is -2.38. The molecule has 32 heavy (non-hydrogen) atoms. The maximum Gasteiger partial charge on any atom is 0.317 e. The number of carboxylic acids is 1. The number of carbonyl (C=O) groups excluding carboxylic acids is 1. The lowest BCUT2D eigenvalue weighted by Crippen LogP contribution is -2.60. The predicted molar refractivity (Wildman–Crippen MR) is 109 cm³/mol. The lowest BCUT2D eigenvalue weighted by molar-refractivity contribution is -0.139. The summed E-state index contributed by atoms with van der Waals surface area (Å²) in [6.07, 6.45) is 0. The summed E-state index contributed by atoms with van der Waals surface area (Å²) < 4.78 is 61.1. The Morgan fingerprint density at radius 1 is 1.16 bits per heavy atom. The second-order valence-electron chi connectivity index (χ2n) is 6.93. The van der Waals surface area contributed by atoms with E-state index in [9.17, 15) is 26.8 Å². The van der Waals surface area contributed by atoms with E-state index in [0.717, 1.165) is 0 Å². The van der Waals surface area contributed by atoms with Crippen LogP contribution in [0.4, 0.5) is 8.78 Å². The fourth-order valence-corrected chi connectivity index (χ4v) is 4.95. The first kappa shape index (κ1) is 23.9. The zero-order valence-corrected chi connectivity index (χ0v) is 17.9. The van der Waals surface area contributed by atoms with Crippen LogP contribution in [0.25, 0.3) is 0 Å². The molecule has 172 valence electrons. The van der Waals surface area contributed by atoms with Crippen molar-refractivity contribution in [3.63, 3.8) is 0 Å². The number of halogens is 3. The van der Waals surface area contributed by atoms with E-state index >= 15 is 0 Å². The molecule has 0 unspecified atom stereocenters. The van der Waals surface area contributed by atoms with Gasteiger partial charge in [0, 0.05) is 24.7 Å². The van der Waals surface area contributed by atoms with Crippen molar-refractivity contribution in [2.75, 3.05) is 26.2 Å². The Bertz CT molecular complexity index is 1120. The van der Waals surface area contributed by atoms with Crippen LogP contribution in [0.15, 0.2) is 41.3 Å². The van der Waals surface area contributed by atoms with E-state index in [1.54, 1.807) is 0 Å². The van der Waals surface area contributed by atoms with E-state index in [-0.39, 0.29) is 25.4 Å². The minimum atomic E-state index is -4.54. The molecule has 0 saturated carbocycles. The predicted octanol–water partition coefficient (Wildman–Crippen LogP) is 1.66. The number of nitrogens with zero attached hydrogens (tertiary/aromatic N) is 2. The van der Waals surface area contributed by atoms with E-state index in [2.05, 4.69) is 0 Å². The molecule has 1 amide bonds. The third-order valence-electron chi connectivity index (χ3n) is 4.71. The number of sulfonamides is 1. The van der Waals surface area contributed by atoms with Crippen molar-refractivity contribution in [2.45, 2.75) is 10.9 Å². The fourth-order valence-electron chi connectivity index (χ4n) is 3.22. The van der Waals surface area contributed by atoms with Crippen molar-refractivity contribution in [1.29, 1.82) is 0 Å². The smallest absolute Gasteiger partial charge is 0.317 e. The van der Waals surface area contributed by atoms with Crippen LogP contribution in [0, 0.1) is 11.6 Å². The summed E-state index contributed by atoms with van der Waals surface area (Å²) in [4.78, 5) is 23.4. The number of benzene rings is 2. The van der Waals surface area contributed by atoms with Gasteiger partial charge in [0.25, 0.3) is 0 Å². The van der Waals surface area contributed by atoms with E-state index < -0.39 is 56.8 Å². The highest BCUT2D eigenvalue weighted by Crippen LogP contribution is 2.32. The summed E-state index contributed by atoms with van der Waals surface area (Å²) in [6, 6.07) is 5.37. The van der Waals surface area contributed by atoms with Crippen molar-refractivity contribution >= 4 is 33.5 Å². The SMILES string of the molecule is NC(=O)[C@H]1CN(CC(=O)O)CCN1S(=O)(=O)c1cc(F)c(Oc2ccc(Cl)cc2)c(F)c1. The molecule has 1 heterocycles. The maximum absolute atomic E-state index is 14.6. The Hall–Kier alpha value is -2.80. The zero-order chi connectivity index (χ0) is 23.6. The van der Waals surface area contributed by atoms with Gasteiger partial charge in [-0.05, 0) is 36.4 Å². The van der Waals surface area contributed by atoms with E-state index in [0.29, 0.717) is 21.5 Å². The summed E-state index contributed by atoms with van der Waals surface area (Å²) in [5.74, 6) is -5.48. The number of ether oxygens (including phenoxy) is 1. The number of nitrogens with two attached hydrogens (primary N) is 1. The highest BCUT2D eigenvalue weighted by molar-refractivity contribution is 7.89. The van der Waals surface area contributed by atoms with E-state index in [1.807, 2.05) is 0 Å². The number of rotatable bonds is 7. The first-order valence-corrected chi connectivity index (χ1v) is 11.0. The Morgan fingerprint density at radius 3 is 2.28 bits per heavy atom. The molecule has 13 heteroatoms. The van der Waals surface area contributed by atoms with Crippen LogP contribution < -0.4 is 10.5 Å². The molecule has 0 aliphatic carbocycles. The molecule has 0 radical (unpaired) electrons. The molecule has 0 bridgehead atoms. The highest BCUT2D eigenvalue weighted by atomic mass is 35.5. The molecular weight excluding hydrogens is 472 g/mol. The van der Waals surface area contributed by atoms with Gasteiger partial charge >= 0.3 is 5.97 Å². The molecule has 2 aromatic rings. The Kier molecular flexibility index (Phi) is 6.98. The fraction of sp³-hybridized carbons (Fsp3) is 0.263. The first-order chi connectivity index (χ1) is 15.0. The summed E-state index contributed by atoms with van der Waals surface area (Å²) >= 11 is 5.75. The van der Waals surface area contributed by atoms with Crippen molar-refractivity contribution in [2.24, 2.45) is 5.73 Å². The monoisotopic (exact) mass is 489 g/mol. The van der Waals surface area contributed by atoms with Crippen molar-refractivity contribution < 1.29 is 36.6 Å². The average molecular weight is 490 g/mol. The van der Waals surface area contributed by atoms with Crippen LogP contribution in [-0.2, 0) is 19.6 Å². The molecule has 2 aromatic carbocycles. The summed E-state index contributed by atoms with van der Waals surface area (Å²) in [7, 11) is -4.54. The molecule has 0 aromatic heterocycles. The van der Waals surface area contributed by atoms with Crippen LogP contribution in [0.1, 0.15) is 0 Å². The topological polar surface area (TPSA) is 130 Å². The van der Waals surface area contributed by atoms with E-state index in [4.69, 9.17) is 27.2 Å². The van der Waals surface area contributed by atoms with Gasteiger partial charge in [0.15, 0.2) is 17.4 Å². The normalized spacial score (nSPS) is 17.8. The maximum atomic E-state index is 14.6. The number of hydrogen-bond donors (Lipinski definition) is 2. The molecule has 0 spiro atoms. The molecule has 1 aliphatic heterocycles. The Balaban J connectivity index is 1.89. The summed E-state index contributed by atoms with van der Waals surface area (Å²) in [6.45, 7) is -1.01. The number of aliphatic carboxylic acids is 1. The number of primary amides is 1. The summed E-state index contributed by atoms with van der Waals surface area (Å²) in [5, 5.41) is 9.29. The molecule has 9 nitrogen and oxygen atoms in total. The van der Waals surface area contributed by atoms with Gasteiger partial charge in [-0.25, -0.2) is 17.2 Å². The van der Waals surface area contributed by atoms with Gasteiger partial charge in [0.1, 0.15) is 11.8 Å². The number of carbonyl (C=O) groups is 2. The van der Waals surface area contributed by atoms with Crippen molar-refractivity contribution in [3.05, 3.63) is 53.1 Å². The standard InChI is InChI=1S/C19H18ClF2N3O6S/c20-11-1-3-12(4-2-11)31-18-14(21)7-13(8-15(18)22)32(29,30)25-6-5-24(10-17(26)27)9-16(25)19(23)28/h1-4,7-8,16H,5-6,9-10H2,(H2,23,28)(H,26,27)/t16-/m1/s1. The van der Waals surface area contributed by atoms with Gasteiger partial charge in [-0.15, -0.1) is 0 Å². The second kappa shape index (κ2) is 9.36. The molecule has 3 rings (SSSR count). The average Bonchev–Trinajstić information content (AvgIpc) is 2.71. The summed E-state index contributed by atoms with van der Waals surface area (Å²) in [5.41, 5.74) is 5.31. The molecule has 1 fully saturated rings. The van der Waals surface area contributed by atoms with Crippen LogP contribution in [-0.4, -0.2) is 66.8 Å². The zero-order valence-electron chi connectivity index (χ0n) is 16.4.